The second kappa shape index (κ2) is 7.44. The molecule has 0 aliphatic carbocycles. The van der Waals surface area contributed by atoms with E-state index in [2.05, 4.69) is 10.1 Å². The lowest BCUT2D eigenvalue weighted by Crippen LogP contribution is -2.16. The second-order valence-corrected chi connectivity index (χ2v) is 7.78. The first-order valence-electron chi connectivity index (χ1n) is 7.77. The van der Waals surface area contributed by atoms with Crippen molar-refractivity contribution in [1.29, 1.82) is 0 Å². The molecule has 0 spiro atoms. The van der Waals surface area contributed by atoms with E-state index < -0.39 is 0 Å². The number of fused-ring (bicyclic) bond motifs is 1. The summed E-state index contributed by atoms with van der Waals surface area (Å²) in [4.78, 5) is 17.9. The summed E-state index contributed by atoms with van der Waals surface area (Å²) in [5.74, 6) is 0. The molecule has 0 saturated carbocycles. The van der Waals surface area contributed by atoms with Crippen LogP contribution in [0.2, 0.25) is 15.1 Å². The maximum absolute atomic E-state index is 12.9. The summed E-state index contributed by atoms with van der Waals surface area (Å²) in [5.41, 5.74) is 2.09. The van der Waals surface area contributed by atoms with Crippen LogP contribution >= 0.6 is 46.1 Å². The van der Waals surface area contributed by atoms with Gasteiger partial charge in [0.15, 0.2) is 0 Å². The van der Waals surface area contributed by atoms with E-state index in [1.165, 1.54) is 28.6 Å². The quantitative estimate of drug-likeness (QED) is 0.373. The molecular formula is C19H10Cl3N3OS. The van der Waals surface area contributed by atoms with Gasteiger partial charge >= 0.3 is 0 Å². The Kier molecular flexibility index (Phi) is 5.02. The number of hydrogen-bond donors (Lipinski definition) is 0. The van der Waals surface area contributed by atoms with E-state index >= 15 is 0 Å². The first kappa shape index (κ1) is 18.2. The fourth-order valence-corrected chi connectivity index (χ4v) is 4.07. The van der Waals surface area contributed by atoms with Crippen molar-refractivity contribution in [2.24, 2.45) is 5.10 Å². The van der Waals surface area contributed by atoms with Crippen LogP contribution in [0.25, 0.3) is 21.3 Å². The minimum atomic E-state index is -0.257. The van der Waals surface area contributed by atoms with Crippen LogP contribution in [-0.2, 0) is 0 Å². The highest BCUT2D eigenvalue weighted by molar-refractivity contribution is 7.17. The molecule has 0 amide bonds. The molecule has 2 aromatic heterocycles. The van der Waals surface area contributed by atoms with Crippen LogP contribution in [0.4, 0.5) is 0 Å². The highest BCUT2D eigenvalue weighted by atomic mass is 35.5. The fourth-order valence-electron chi connectivity index (χ4n) is 2.58. The second-order valence-electron chi connectivity index (χ2n) is 5.64. The largest absolute Gasteiger partial charge is 0.283 e. The minimum Gasteiger partial charge on any atom is -0.267 e. The van der Waals surface area contributed by atoms with Crippen molar-refractivity contribution in [3.05, 3.63) is 85.2 Å². The molecule has 0 N–H and O–H groups in total. The van der Waals surface area contributed by atoms with Crippen molar-refractivity contribution in [2.45, 2.75) is 0 Å². The van der Waals surface area contributed by atoms with Crippen LogP contribution in [-0.4, -0.2) is 15.9 Å². The first-order valence-corrected chi connectivity index (χ1v) is 9.78. The van der Waals surface area contributed by atoms with E-state index in [1.807, 2.05) is 17.5 Å². The minimum absolute atomic E-state index is 0.257. The van der Waals surface area contributed by atoms with Crippen molar-refractivity contribution in [3.63, 3.8) is 0 Å². The number of thiophene rings is 1. The zero-order chi connectivity index (χ0) is 19.0. The fraction of sp³-hybridized carbons (Fsp3) is 0. The van der Waals surface area contributed by atoms with Crippen molar-refractivity contribution >= 4 is 62.6 Å². The van der Waals surface area contributed by atoms with Gasteiger partial charge in [0.25, 0.3) is 5.56 Å². The van der Waals surface area contributed by atoms with Crippen molar-refractivity contribution in [1.82, 2.24) is 9.66 Å². The maximum Gasteiger partial charge on any atom is 0.283 e. The number of halogens is 3. The predicted octanol–water partition coefficient (Wildman–Crippen LogP) is 5.97. The van der Waals surface area contributed by atoms with Crippen LogP contribution in [0.5, 0.6) is 0 Å². The van der Waals surface area contributed by atoms with Crippen LogP contribution in [0.15, 0.2) is 64.1 Å². The van der Waals surface area contributed by atoms with Gasteiger partial charge in [-0.15, -0.1) is 11.3 Å². The Labute approximate surface area is 173 Å². The van der Waals surface area contributed by atoms with Gasteiger partial charge in [0.05, 0.1) is 16.6 Å². The molecule has 0 aliphatic rings. The monoisotopic (exact) mass is 433 g/mol. The zero-order valence-corrected chi connectivity index (χ0v) is 16.6. The van der Waals surface area contributed by atoms with E-state index in [0.717, 1.165) is 11.1 Å². The summed E-state index contributed by atoms with van der Waals surface area (Å²) in [6.07, 6.45) is 2.90. The summed E-state index contributed by atoms with van der Waals surface area (Å²) >= 11 is 19.4. The summed E-state index contributed by atoms with van der Waals surface area (Å²) in [6.45, 7) is 0. The first-order chi connectivity index (χ1) is 13.0. The molecule has 0 radical (unpaired) electrons. The Morgan fingerprint density at radius 2 is 1.78 bits per heavy atom. The molecule has 0 fully saturated rings. The van der Waals surface area contributed by atoms with Crippen LogP contribution in [0.1, 0.15) is 5.56 Å². The number of rotatable bonds is 3. The average molecular weight is 435 g/mol. The molecule has 2 aromatic carbocycles. The maximum atomic E-state index is 12.9. The van der Waals surface area contributed by atoms with Crippen LogP contribution in [0.3, 0.4) is 0 Å². The van der Waals surface area contributed by atoms with Gasteiger partial charge in [-0.05, 0) is 29.8 Å². The molecule has 0 atom stereocenters. The molecule has 4 rings (SSSR count). The molecule has 4 aromatic rings. The average Bonchev–Trinajstić information content (AvgIpc) is 3.08. The van der Waals surface area contributed by atoms with Crippen LogP contribution in [0, 0.1) is 0 Å². The van der Waals surface area contributed by atoms with Crippen LogP contribution < -0.4 is 5.56 Å². The molecule has 8 heteroatoms. The van der Waals surface area contributed by atoms with Gasteiger partial charge in [-0.3, -0.25) is 4.79 Å². The van der Waals surface area contributed by atoms with E-state index in [1.54, 1.807) is 30.3 Å². The Bertz CT molecular complexity index is 1230. The van der Waals surface area contributed by atoms with E-state index in [9.17, 15) is 4.79 Å². The van der Waals surface area contributed by atoms with Gasteiger partial charge < -0.3 is 0 Å². The number of hydrogen-bond acceptors (Lipinski definition) is 4. The SMILES string of the molecule is O=c1c2c(-c3ccc(Cl)cc3)csc2ncn1/N=C\c1ccc(Cl)cc1Cl. The summed E-state index contributed by atoms with van der Waals surface area (Å²) in [6, 6.07) is 12.4. The van der Waals surface area contributed by atoms with E-state index in [0.29, 0.717) is 30.8 Å². The summed E-state index contributed by atoms with van der Waals surface area (Å²) in [7, 11) is 0. The Hall–Kier alpha value is -2.18. The third kappa shape index (κ3) is 3.64. The normalized spacial score (nSPS) is 11.5. The van der Waals surface area contributed by atoms with Crippen molar-refractivity contribution < 1.29 is 0 Å². The molecule has 27 heavy (non-hydrogen) atoms. The van der Waals surface area contributed by atoms with Crippen molar-refractivity contribution in [2.75, 3.05) is 0 Å². The lowest BCUT2D eigenvalue weighted by molar-refractivity contribution is 0.819. The Morgan fingerprint density at radius 1 is 1.04 bits per heavy atom. The molecule has 0 bridgehead atoms. The molecular weight excluding hydrogens is 425 g/mol. The highest BCUT2D eigenvalue weighted by Gasteiger charge is 2.13. The topological polar surface area (TPSA) is 47.2 Å². The number of benzene rings is 2. The number of aromatic nitrogens is 2. The lowest BCUT2D eigenvalue weighted by atomic mass is 10.1. The molecule has 2 heterocycles. The third-order valence-electron chi connectivity index (χ3n) is 3.92. The van der Waals surface area contributed by atoms with E-state index in [4.69, 9.17) is 34.8 Å². The zero-order valence-electron chi connectivity index (χ0n) is 13.6. The Morgan fingerprint density at radius 3 is 2.52 bits per heavy atom. The van der Waals surface area contributed by atoms with E-state index in [-0.39, 0.29) is 5.56 Å². The summed E-state index contributed by atoms with van der Waals surface area (Å²) in [5, 5.41) is 8.26. The van der Waals surface area contributed by atoms with Gasteiger partial charge in [-0.25, -0.2) is 4.98 Å². The predicted molar refractivity (Wildman–Crippen MR) is 114 cm³/mol. The van der Waals surface area contributed by atoms with Crippen molar-refractivity contribution in [3.8, 4) is 11.1 Å². The van der Waals surface area contributed by atoms with Gasteiger partial charge in [-0.2, -0.15) is 9.78 Å². The molecule has 0 saturated heterocycles. The number of nitrogens with zero attached hydrogens (tertiary/aromatic N) is 3. The third-order valence-corrected chi connectivity index (χ3v) is 5.62. The summed E-state index contributed by atoms with van der Waals surface area (Å²) < 4.78 is 1.19. The highest BCUT2D eigenvalue weighted by Crippen LogP contribution is 2.31. The molecule has 0 aliphatic heterocycles. The molecule has 134 valence electrons. The smallest absolute Gasteiger partial charge is 0.267 e. The van der Waals surface area contributed by atoms with Gasteiger partial charge in [0.1, 0.15) is 11.2 Å². The van der Waals surface area contributed by atoms with Gasteiger partial charge in [0, 0.05) is 26.6 Å². The Balaban J connectivity index is 1.80. The lowest BCUT2D eigenvalue weighted by Gasteiger charge is -2.02. The molecule has 0 unspecified atom stereocenters. The standard InChI is InChI=1S/C19H10Cl3N3OS/c20-13-4-1-11(2-5-13)15-9-27-18-17(15)19(26)25(10-23-18)24-8-12-3-6-14(21)7-16(12)22/h1-10H/b24-8-. The molecule has 4 nitrogen and oxygen atoms in total. The van der Waals surface area contributed by atoms with Gasteiger partial charge in [-0.1, -0.05) is 53.0 Å². The van der Waals surface area contributed by atoms with Gasteiger partial charge in [0.2, 0.25) is 0 Å².